The van der Waals surface area contributed by atoms with Crippen LogP contribution in [0.15, 0.2) is 36.8 Å². The molecule has 0 aliphatic carbocycles. The molecule has 2 heterocycles. The number of aryl methyl sites for hydroxylation is 1. The lowest BCUT2D eigenvalue weighted by Gasteiger charge is -2.04. The van der Waals surface area contributed by atoms with Gasteiger partial charge in [0.25, 0.3) is 0 Å². The maximum absolute atomic E-state index is 5.60. The van der Waals surface area contributed by atoms with E-state index in [1.165, 1.54) is 11.1 Å². The van der Waals surface area contributed by atoms with Gasteiger partial charge in [0.1, 0.15) is 5.52 Å². The smallest absolute Gasteiger partial charge is 0.222 e. The van der Waals surface area contributed by atoms with E-state index in [0.717, 1.165) is 17.7 Å². The van der Waals surface area contributed by atoms with Gasteiger partial charge in [-0.05, 0) is 12.5 Å². The third kappa shape index (κ3) is 1.90. The van der Waals surface area contributed by atoms with Gasteiger partial charge >= 0.3 is 0 Å². The van der Waals surface area contributed by atoms with Gasteiger partial charge in [0.2, 0.25) is 5.95 Å². The Balaban J connectivity index is 1.99. The lowest BCUT2D eigenvalue weighted by molar-refractivity contribution is 0.813. The van der Waals surface area contributed by atoms with Crippen molar-refractivity contribution in [3.8, 4) is 0 Å². The summed E-state index contributed by atoms with van der Waals surface area (Å²) in [6.45, 7) is 2.80. The number of nitrogens with zero attached hydrogens (tertiary/aromatic N) is 4. The van der Waals surface area contributed by atoms with Crippen LogP contribution in [0.1, 0.15) is 11.1 Å². The van der Waals surface area contributed by atoms with Crippen LogP contribution < -0.4 is 5.73 Å². The minimum atomic E-state index is 0.271. The second kappa shape index (κ2) is 4.10. The lowest BCUT2D eigenvalue weighted by atomic mass is 10.1. The Hall–Kier alpha value is -2.43. The van der Waals surface area contributed by atoms with E-state index in [9.17, 15) is 0 Å². The molecule has 0 radical (unpaired) electrons. The fraction of sp³-hybridized carbons (Fsp3) is 0.154. The van der Waals surface area contributed by atoms with Crippen molar-refractivity contribution in [2.24, 2.45) is 0 Å². The molecular weight excluding hydrogens is 226 g/mol. The Labute approximate surface area is 104 Å². The van der Waals surface area contributed by atoms with E-state index in [1.807, 2.05) is 4.57 Å². The van der Waals surface area contributed by atoms with E-state index in [0.29, 0.717) is 0 Å². The third-order valence-electron chi connectivity index (χ3n) is 2.85. The Morgan fingerprint density at radius 1 is 1.17 bits per heavy atom. The molecule has 3 aromatic rings. The average molecular weight is 239 g/mol. The summed E-state index contributed by atoms with van der Waals surface area (Å²) in [4.78, 5) is 12.4. The summed E-state index contributed by atoms with van der Waals surface area (Å²) in [5, 5.41) is 0. The Bertz CT molecular complexity index is 684. The van der Waals surface area contributed by atoms with Gasteiger partial charge in [-0.2, -0.15) is 4.98 Å². The molecule has 0 aliphatic heterocycles. The number of aromatic nitrogens is 4. The zero-order chi connectivity index (χ0) is 12.5. The Kier molecular flexibility index (Phi) is 2.44. The van der Waals surface area contributed by atoms with Crippen LogP contribution in [-0.4, -0.2) is 19.5 Å². The number of nitrogen functional groups attached to an aromatic ring is 1. The van der Waals surface area contributed by atoms with Crippen molar-refractivity contribution < 1.29 is 0 Å². The molecule has 3 rings (SSSR count). The molecule has 0 atom stereocenters. The summed E-state index contributed by atoms with van der Waals surface area (Å²) in [6.07, 6.45) is 3.40. The minimum absolute atomic E-state index is 0.271. The van der Waals surface area contributed by atoms with Crippen molar-refractivity contribution in [2.45, 2.75) is 13.5 Å². The first kappa shape index (κ1) is 10.7. The van der Waals surface area contributed by atoms with Crippen molar-refractivity contribution in [3.05, 3.63) is 47.9 Å². The number of rotatable bonds is 2. The highest BCUT2D eigenvalue weighted by Gasteiger charge is 2.05. The molecule has 0 spiro atoms. The van der Waals surface area contributed by atoms with Crippen LogP contribution in [0.3, 0.4) is 0 Å². The second-order valence-electron chi connectivity index (χ2n) is 4.30. The quantitative estimate of drug-likeness (QED) is 0.739. The molecule has 1 aromatic carbocycles. The zero-order valence-corrected chi connectivity index (χ0v) is 10.0. The van der Waals surface area contributed by atoms with Crippen molar-refractivity contribution in [1.29, 1.82) is 0 Å². The van der Waals surface area contributed by atoms with E-state index >= 15 is 0 Å². The first-order valence-corrected chi connectivity index (χ1v) is 5.71. The molecule has 0 saturated heterocycles. The highest BCUT2D eigenvalue weighted by molar-refractivity contribution is 5.70. The molecular formula is C13H13N5. The highest BCUT2D eigenvalue weighted by Crippen LogP contribution is 2.12. The number of anilines is 1. The SMILES string of the molecule is Cc1ccc(Cn2cnc3cnc(N)nc32)cc1. The normalized spacial score (nSPS) is 10.9. The molecule has 0 fully saturated rings. The molecule has 2 N–H and O–H groups in total. The molecule has 90 valence electrons. The van der Waals surface area contributed by atoms with Crippen molar-refractivity contribution >= 4 is 17.1 Å². The molecule has 0 bridgehead atoms. The van der Waals surface area contributed by atoms with Gasteiger partial charge in [-0.3, -0.25) is 0 Å². The average Bonchev–Trinajstić information content (AvgIpc) is 2.75. The predicted molar refractivity (Wildman–Crippen MR) is 70.0 cm³/mol. The van der Waals surface area contributed by atoms with Gasteiger partial charge < -0.3 is 10.3 Å². The standard InChI is InChI=1S/C13H13N5/c1-9-2-4-10(5-3-9)7-18-8-16-11-6-15-13(14)17-12(11)18/h2-6,8H,7H2,1H3,(H2,14,15,17). The summed E-state index contributed by atoms with van der Waals surface area (Å²) >= 11 is 0. The van der Waals surface area contributed by atoms with Crippen LogP contribution in [0, 0.1) is 6.92 Å². The lowest BCUT2D eigenvalue weighted by Crippen LogP contribution is -2.01. The number of benzene rings is 1. The van der Waals surface area contributed by atoms with Crippen molar-refractivity contribution in [2.75, 3.05) is 5.73 Å². The van der Waals surface area contributed by atoms with Crippen LogP contribution >= 0.6 is 0 Å². The molecule has 18 heavy (non-hydrogen) atoms. The van der Waals surface area contributed by atoms with Crippen LogP contribution in [-0.2, 0) is 6.54 Å². The fourth-order valence-corrected chi connectivity index (χ4v) is 1.87. The summed E-state index contributed by atoms with van der Waals surface area (Å²) in [5.41, 5.74) is 9.59. The van der Waals surface area contributed by atoms with Gasteiger partial charge in [-0.1, -0.05) is 29.8 Å². The van der Waals surface area contributed by atoms with Crippen molar-refractivity contribution in [1.82, 2.24) is 19.5 Å². The maximum Gasteiger partial charge on any atom is 0.222 e. The molecule has 2 aromatic heterocycles. The van der Waals surface area contributed by atoms with Crippen LogP contribution in [0.4, 0.5) is 5.95 Å². The van der Waals surface area contributed by atoms with Crippen LogP contribution in [0.2, 0.25) is 0 Å². The maximum atomic E-state index is 5.60. The molecule has 5 nitrogen and oxygen atoms in total. The molecule has 5 heteroatoms. The molecule has 0 saturated carbocycles. The van der Waals surface area contributed by atoms with Gasteiger partial charge in [-0.25, -0.2) is 9.97 Å². The number of imidazole rings is 1. The summed E-state index contributed by atoms with van der Waals surface area (Å²) in [7, 11) is 0. The zero-order valence-electron chi connectivity index (χ0n) is 10.0. The van der Waals surface area contributed by atoms with Gasteiger partial charge in [-0.15, -0.1) is 0 Å². The van der Waals surface area contributed by atoms with E-state index in [1.54, 1.807) is 12.5 Å². The third-order valence-corrected chi connectivity index (χ3v) is 2.85. The molecule has 0 unspecified atom stereocenters. The molecule has 0 aliphatic rings. The summed E-state index contributed by atoms with van der Waals surface area (Å²) in [5.74, 6) is 0.271. The van der Waals surface area contributed by atoms with Gasteiger partial charge in [0.15, 0.2) is 5.65 Å². The van der Waals surface area contributed by atoms with Crippen LogP contribution in [0.5, 0.6) is 0 Å². The minimum Gasteiger partial charge on any atom is -0.368 e. The van der Waals surface area contributed by atoms with Gasteiger partial charge in [0.05, 0.1) is 19.1 Å². The first-order valence-electron chi connectivity index (χ1n) is 5.71. The van der Waals surface area contributed by atoms with E-state index < -0.39 is 0 Å². The Morgan fingerprint density at radius 3 is 2.72 bits per heavy atom. The predicted octanol–water partition coefficient (Wildman–Crippen LogP) is 1.77. The number of hydrogen-bond donors (Lipinski definition) is 1. The topological polar surface area (TPSA) is 69.6 Å². The number of fused-ring (bicyclic) bond motifs is 1. The number of hydrogen-bond acceptors (Lipinski definition) is 4. The molecule has 0 amide bonds. The van der Waals surface area contributed by atoms with Crippen molar-refractivity contribution in [3.63, 3.8) is 0 Å². The number of nitrogens with two attached hydrogens (primary N) is 1. The monoisotopic (exact) mass is 239 g/mol. The van der Waals surface area contributed by atoms with Gasteiger partial charge in [0, 0.05) is 0 Å². The van der Waals surface area contributed by atoms with E-state index in [4.69, 9.17) is 5.73 Å². The second-order valence-corrected chi connectivity index (χ2v) is 4.30. The largest absolute Gasteiger partial charge is 0.368 e. The summed E-state index contributed by atoms with van der Waals surface area (Å²) in [6, 6.07) is 8.40. The Morgan fingerprint density at radius 2 is 1.94 bits per heavy atom. The van der Waals surface area contributed by atoms with E-state index in [2.05, 4.69) is 46.1 Å². The first-order chi connectivity index (χ1) is 8.72. The highest BCUT2D eigenvalue weighted by atomic mass is 15.1. The van der Waals surface area contributed by atoms with E-state index in [-0.39, 0.29) is 5.95 Å². The fourth-order valence-electron chi connectivity index (χ4n) is 1.87. The van der Waals surface area contributed by atoms with Crippen LogP contribution in [0.25, 0.3) is 11.2 Å². The summed E-state index contributed by atoms with van der Waals surface area (Å²) < 4.78 is 1.97.